The van der Waals surface area contributed by atoms with Gasteiger partial charge in [0.1, 0.15) is 5.82 Å². The third-order valence-corrected chi connectivity index (χ3v) is 4.78. The molecule has 7 nitrogen and oxygen atoms in total. The summed E-state index contributed by atoms with van der Waals surface area (Å²) in [4.78, 5) is 31.3. The molecule has 4 aromatic rings. The molecule has 8 heteroatoms. The number of nitrogens with one attached hydrogen (secondary N) is 1. The van der Waals surface area contributed by atoms with Crippen molar-refractivity contribution < 1.29 is 18.5 Å². The van der Waals surface area contributed by atoms with Crippen LogP contribution in [0.25, 0.3) is 22.4 Å². The lowest BCUT2D eigenvalue weighted by atomic mass is 10.0. The molecule has 0 spiro atoms. The summed E-state index contributed by atoms with van der Waals surface area (Å²) in [5.41, 5.74) is 3.05. The van der Waals surface area contributed by atoms with E-state index >= 15 is 0 Å². The Hall–Kier alpha value is -4.07. The Balaban J connectivity index is 1.74. The number of amides is 2. The fraction of sp³-hybridized carbons (Fsp3) is 0.130. The largest absolute Gasteiger partial charge is 0.345 e. The van der Waals surface area contributed by atoms with E-state index in [0.717, 1.165) is 0 Å². The molecule has 0 radical (unpaired) electrons. The van der Waals surface area contributed by atoms with Crippen LogP contribution in [0.15, 0.2) is 59.1 Å². The van der Waals surface area contributed by atoms with Gasteiger partial charge in [-0.2, -0.15) is 0 Å². The summed E-state index contributed by atoms with van der Waals surface area (Å²) in [5, 5.41) is 7.24. The molecule has 0 aliphatic carbocycles. The number of hydrogen-bond donors (Lipinski definition) is 1. The summed E-state index contributed by atoms with van der Waals surface area (Å²) in [6, 6.07) is 14.1. The van der Waals surface area contributed by atoms with Crippen molar-refractivity contribution in [1.29, 1.82) is 0 Å². The molecule has 0 aliphatic heterocycles. The van der Waals surface area contributed by atoms with Gasteiger partial charge in [-0.3, -0.25) is 9.59 Å². The minimum Gasteiger partial charge on any atom is -0.345 e. The molecule has 0 fully saturated rings. The highest BCUT2D eigenvalue weighted by molar-refractivity contribution is 6.13. The highest BCUT2D eigenvalue weighted by Crippen LogP contribution is 2.28. The molecule has 0 saturated heterocycles. The topological polar surface area (TPSA) is 88.3 Å². The van der Waals surface area contributed by atoms with Crippen LogP contribution < -0.4 is 5.32 Å². The number of nitrogens with zero attached hydrogens (tertiary/aromatic N) is 3. The molecule has 1 N–H and O–H groups in total. The van der Waals surface area contributed by atoms with Crippen LogP contribution in [0.3, 0.4) is 0 Å². The van der Waals surface area contributed by atoms with E-state index in [-0.39, 0.29) is 17.4 Å². The maximum atomic E-state index is 13.3. The van der Waals surface area contributed by atoms with Crippen molar-refractivity contribution >= 4 is 28.6 Å². The van der Waals surface area contributed by atoms with Gasteiger partial charge in [-0.25, -0.2) is 9.37 Å². The van der Waals surface area contributed by atoms with Crippen molar-refractivity contribution in [2.75, 3.05) is 19.4 Å². The highest BCUT2D eigenvalue weighted by atomic mass is 19.1. The maximum absolute atomic E-state index is 13.3. The van der Waals surface area contributed by atoms with Gasteiger partial charge in [-0.05, 0) is 55.5 Å². The fourth-order valence-electron chi connectivity index (χ4n) is 3.23. The molecular formula is C23H19FN4O3. The number of benzene rings is 2. The molecular weight excluding hydrogens is 399 g/mol. The van der Waals surface area contributed by atoms with Gasteiger partial charge in [0.05, 0.1) is 22.3 Å². The number of aromatic nitrogens is 2. The predicted molar refractivity (Wildman–Crippen MR) is 114 cm³/mol. The first-order chi connectivity index (χ1) is 14.8. The van der Waals surface area contributed by atoms with Crippen LogP contribution in [0.1, 0.15) is 26.4 Å². The van der Waals surface area contributed by atoms with E-state index in [9.17, 15) is 14.0 Å². The monoisotopic (exact) mass is 418 g/mol. The third kappa shape index (κ3) is 4.00. The van der Waals surface area contributed by atoms with Crippen molar-refractivity contribution in [3.63, 3.8) is 0 Å². The van der Waals surface area contributed by atoms with Crippen molar-refractivity contribution in [3.05, 3.63) is 77.2 Å². The summed E-state index contributed by atoms with van der Waals surface area (Å²) >= 11 is 0. The number of aryl methyl sites for hydroxylation is 1. The number of fused-ring (bicyclic) bond motifs is 1. The summed E-state index contributed by atoms with van der Waals surface area (Å²) in [7, 11) is 3.32. The first-order valence-corrected chi connectivity index (χ1v) is 9.49. The number of carbonyl (C=O) groups is 2. The summed E-state index contributed by atoms with van der Waals surface area (Å²) in [6.07, 6.45) is 0. The first-order valence-electron chi connectivity index (χ1n) is 9.49. The molecule has 4 rings (SSSR count). The van der Waals surface area contributed by atoms with Crippen LogP contribution >= 0.6 is 0 Å². The van der Waals surface area contributed by atoms with Crippen LogP contribution in [0.4, 0.5) is 10.1 Å². The second-order valence-corrected chi connectivity index (χ2v) is 7.24. The fourth-order valence-corrected chi connectivity index (χ4v) is 3.23. The average molecular weight is 418 g/mol. The van der Waals surface area contributed by atoms with Gasteiger partial charge >= 0.3 is 0 Å². The number of pyridine rings is 1. The van der Waals surface area contributed by atoms with Gasteiger partial charge < -0.3 is 14.7 Å². The van der Waals surface area contributed by atoms with E-state index < -0.39 is 5.91 Å². The molecule has 2 aromatic carbocycles. The minimum atomic E-state index is -0.406. The maximum Gasteiger partial charge on any atom is 0.259 e. The SMILES string of the molecule is Cc1noc2nc(-c3ccc(F)cc3)cc(C(=O)Nc3cccc(C(=O)N(C)C)c3)c12. The van der Waals surface area contributed by atoms with Gasteiger partial charge in [0.15, 0.2) is 0 Å². The Morgan fingerprint density at radius 1 is 1.06 bits per heavy atom. The predicted octanol–water partition coefficient (Wildman–Crippen LogP) is 4.29. The molecule has 156 valence electrons. The van der Waals surface area contributed by atoms with Crippen LogP contribution in [0.5, 0.6) is 0 Å². The molecule has 0 bridgehead atoms. The first kappa shape index (κ1) is 20.2. The Morgan fingerprint density at radius 2 is 1.81 bits per heavy atom. The van der Waals surface area contributed by atoms with Gasteiger partial charge in [-0.1, -0.05) is 11.2 Å². The van der Waals surface area contributed by atoms with E-state index in [4.69, 9.17) is 4.52 Å². The zero-order valence-electron chi connectivity index (χ0n) is 17.1. The number of carbonyl (C=O) groups excluding carboxylic acids is 2. The van der Waals surface area contributed by atoms with E-state index in [0.29, 0.717) is 39.2 Å². The summed E-state index contributed by atoms with van der Waals surface area (Å²) in [5.74, 6) is -0.946. The normalized spacial score (nSPS) is 10.8. The van der Waals surface area contributed by atoms with Gasteiger partial charge in [0.25, 0.3) is 17.5 Å². The molecule has 0 unspecified atom stereocenters. The number of anilines is 1. The van der Waals surface area contributed by atoms with E-state index in [2.05, 4.69) is 15.5 Å². The standard InChI is InChI=1S/C23H19FN4O3/c1-13-20-18(21(29)25-17-6-4-5-15(11-17)23(30)28(2)3)12-19(26-22(20)31-27-13)14-7-9-16(24)10-8-14/h4-12H,1-3H3,(H,25,29). The van der Waals surface area contributed by atoms with Crippen LogP contribution in [0.2, 0.25) is 0 Å². The second kappa shape index (κ2) is 7.98. The zero-order valence-corrected chi connectivity index (χ0v) is 17.1. The lowest BCUT2D eigenvalue weighted by molar-refractivity contribution is 0.0827. The molecule has 2 aromatic heterocycles. The van der Waals surface area contributed by atoms with Gasteiger partial charge in [-0.15, -0.1) is 0 Å². The highest BCUT2D eigenvalue weighted by Gasteiger charge is 2.20. The lowest BCUT2D eigenvalue weighted by Crippen LogP contribution is -2.22. The minimum absolute atomic E-state index is 0.170. The second-order valence-electron chi connectivity index (χ2n) is 7.24. The van der Waals surface area contributed by atoms with E-state index in [1.807, 2.05) is 0 Å². The smallest absolute Gasteiger partial charge is 0.259 e. The van der Waals surface area contributed by atoms with Crippen molar-refractivity contribution in [1.82, 2.24) is 15.0 Å². The van der Waals surface area contributed by atoms with Crippen LogP contribution in [-0.4, -0.2) is 41.0 Å². The van der Waals surface area contributed by atoms with E-state index in [1.165, 1.54) is 17.0 Å². The molecule has 31 heavy (non-hydrogen) atoms. The number of hydrogen-bond acceptors (Lipinski definition) is 5. The Bertz CT molecular complexity index is 1300. The summed E-state index contributed by atoms with van der Waals surface area (Å²) < 4.78 is 18.6. The lowest BCUT2D eigenvalue weighted by Gasteiger charge is -2.12. The molecule has 2 heterocycles. The Kier molecular flexibility index (Phi) is 5.21. The number of rotatable bonds is 4. The van der Waals surface area contributed by atoms with Crippen LogP contribution in [0, 0.1) is 12.7 Å². The van der Waals surface area contributed by atoms with E-state index in [1.54, 1.807) is 63.5 Å². The molecule has 2 amide bonds. The van der Waals surface area contributed by atoms with Gasteiger partial charge in [0.2, 0.25) is 0 Å². The van der Waals surface area contributed by atoms with Gasteiger partial charge in [0, 0.05) is 30.9 Å². The summed E-state index contributed by atoms with van der Waals surface area (Å²) in [6.45, 7) is 1.72. The molecule has 0 aliphatic rings. The Labute approximate surface area is 177 Å². The quantitative estimate of drug-likeness (QED) is 0.534. The average Bonchev–Trinajstić information content (AvgIpc) is 3.14. The zero-order chi connectivity index (χ0) is 22.1. The van der Waals surface area contributed by atoms with Crippen molar-refractivity contribution in [3.8, 4) is 11.3 Å². The Morgan fingerprint density at radius 3 is 2.52 bits per heavy atom. The number of halogens is 1. The van der Waals surface area contributed by atoms with Crippen molar-refractivity contribution in [2.24, 2.45) is 0 Å². The third-order valence-electron chi connectivity index (χ3n) is 4.78. The van der Waals surface area contributed by atoms with Crippen LogP contribution in [-0.2, 0) is 0 Å². The molecule has 0 saturated carbocycles. The van der Waals surface area contributed by atoms with Crippen molar-refractivity contribution in [2.45, 2.75) is 6.92 Å². The molecule has 0 atom stereocenters.